The summed E-state index contributed by atoms with van der Waals surface area (Å²) in [6, 6.07) is 5.62. The summed E-state index contributed by atoms with van der Waals surface area (Å²) in [5.74, 6) is 0. The number of carbonyl (C=O) groups is 1. The summed E-state index contributed by atoms with van der Waals surface area (Å²) in [5, 5.41) is 12.7. The van der Waals surface area contributed by atoms with E-state index in [1.165, 1.54) is 0 Å². The Kier molecular flexibility index (Phi) is 5.61. The van der Waals surface area contributed by atoms with Crippen LogP contribution in [-0.4, -0.2) is 48.8 Å². The van der Waals surface area contributed by atoms with Gasteiger partial charge in [0.05, 0.1) is 12.1 Å². The van der Waals surface area contributed by atoms with Crippen molar-refractivity contribution in [2.24, 2.45) is 0 Å². The molecule has 0 saturated carbocycles. The molecule has 2 N–H and O–H groups in total. The van der Waals surface area contributed by atoms with Crippen LogP contribution in [0.15, 0.2) is 18.2 Å². The van der Waals surface area contributed by atoms with E-state index in [0.717, 1.165) is 16.9 Å². The standard InChI is InChI=1S/C16H27N3O2/c1-7-19(11-16(3,4)21)15(20)17-13-8-9-14(18(5)6)12(2)10-13/h8-10,21H,7,11H2,1-6H3,(H,17,20). The van der Waals surface area contributed by atoms with Gasteiger partial charge < -0.3 is 20.2 Å². The van der Waals surface area contributed by atoms with E-state index < -0.39 is 5.60 Å². The lowest BCUT2D eigenvalue weighted by molar-refractivity contribution is 0.0501. The maximum atomic E-state index is 12.2. The second kappa shape index (κ2) is 6.80. The molecule has 5 nitrogen and oxygen atoms in total. The first-order valence-electron chi connectivity index (χ1n) is 7.20. The highest BCUT2D eigenvalue weighted by Gasteiger charge is 2.21. The first-order valence-corrected chi connectivity index (χ1v) is 7.20. The molecular formula is C16H27N3O2. The molecule has 0 aliphatic carbocycles. The summed E-state index contributed by atoms with van der Waals surface area (Å²) >= 11 is 0. The maximum Gasteiger partial charge on any atom is 0.321 e. The molecule has 0 radical (unpaired) electrons. The van der Waals surface area contributed by atoms with Crippen molar-refractivity contribution in [1.82, 2.24) is 4.90 Å². The molecule has 118 valence electrons. The van der Waals surface area contributed by atoms with Crippen LogP contribution >= 0.6 is 0 Å². The van der Waals surface area contributed by atoms with E-state index >= 15 is 0 Å². The number of rotatable bonds is 5. The highest BCUT2D eigenvalue weighted by atomic mass is 16.3. The Morgan fingerprint density at radius 1 is 1.33 bits per heavy atom. The molecule has 0 saturated heterocycles. The van der Waals surface area contributed by atoms with E-state index in [1.54, 1.807) is 18.7 Å². The topological polar surface area (TPSA) is 55.8 Å². The molecule has 2 amide bonds. The van der Waals surface area contributed by atoms with Crippen LogP contribution in [0.5, 0.6) is 0 Å². The smallest absolute Gasteiger partial charge is 0.321 e. The zero-order valence-corrected chi connectivity index (χ0v) is 13.9. The Morgan fingerprint density at radius 2 is 1.95 bits per heavy atom. The molecule has 0 aliphatic heterocycles. The van der Waals surface area contributed by atoms with Crippen LogP contribution in [0, 0.1) is 6.92 Å². The van der Waals surface area contributed by atoms with Gasteiger partial charge in [0.25, 0.3) is 0 Å². The zero-order valence-electron chi connectivity index (χ0n) is 13.9. The average molecular weight is 293 g/mol. The molecule has 5 heteroatoms. The number of nitrogens with zero attached hydrogens (tertiary/aromatic N) is 2. The van der Waals surface area contributed by atoms with Crippen LogP contribution in [0.25, 0.3) is 0 Å². The van der Waals surface area contributed by atoms with Gasteiger partial charge in [0.1, 0.15) is 0 Å². The number of urea groups is 1. The van der Waals surface area contributed by atoms with Gasteiger partial charge in [0.15, 0.2) is 0 Å². The molecule has 0 atom stereocenters. The molecule has 0 unspecified atom stereocenters. The number of benzene rings is 1. The number of likely N-dealkylation sites (N-methyl/N-ethyl adjacent to an activating group) is 1. The molecular weight excluding hydrogens is 266 g/mol. The molecule has 0 heterocycles. The quantitative estimate of drug-likeness (QED) is 0.877. The SMILES string of the molecule is CCN(CC(C)(C)O)C(=O)Nc1ccc(N(C)C)c(C)c1. The second-order valence-corrected chi connectivity index (χ2v) is 6.15. The summed E-state index contributed by atoms with van der Waals surface area (Å²) in [4.78, 5) is 15.9. The van der Waals surface area contributed by atoms with Crippen molar-refractivity contribution in [3.05, 3.63) is 23.8 Å². The van der Waals surface area contributed by atoms with E-state index in [0.29, 0.717) is 13.1 Å². The molecule has 21 heavy (non-hydrogen) atoms. The molecule has 0 aromatic heterocycles. The lowest BCUT2D eigenvalue weighted by Crippen LogP contribution is -2.44. The van der Waals surface area contributed by atoms with Crippen LogP contribution in [0.3, 0.4) is 0 Å². The van der Waals surface area contributed by atoms with Gasteiger partial charge in [0, 0.05) is 32.0 Å². The number of aryl methyl sites for hydroxylation is 1. The molecule has 0 bridgehead atoms. The van der Waals surface area contributed by atoms with Gasteiger partial charge in [0.2, 0.25) is 0 Å². The van der Waals surface area contributed by atoms with Crippen molar-refractivity contribution >= 4 is 17.4 Å². The summed E-state index contributed by atoms with van der Waals surface area (Å²) in [7, 11) is 3.98. The number of nitrogens with one attached hydrogen (secondary N) is 1. The van der Waals surface area contributed by atoms with Gasteiger partial charge in [-0.15, -0.1) is 0 Å². The number of hydrogen-bond donors (Lipinski definition) is 2. The van der Waals surface area contributed by atoms with Crippen molar-refractivity contribution in [1.29, 1.82) is 0 Å². The lowest BCUT2D eigenvalue weighted by Gasteiger charge is -2.28. The van der Waals surface area contributed by atoms with Crippen LogP contribution in [-0.2, 0) is 0 Å². The first kappa shape index (κ1) is 17.3. The van der Waals surface area contributed by atoms with Crippen molar-refractivity contribution in [2.45, 2.75) is 33.3 Å². The fourth-order valence-corrected chi connectivity index (χ4v) is 2.23. The van der Waals surface area contributed by atoms with Crippen molar-refractivity contribution in [3.8, 4) is 0 Å². The van der Waals surface area contributed by atoms with E-state index in [9.17, 15) is 9.90 Å². The Hall–Kier alpha value is -1.75. The van der Waals surface area contributed by atoms with Crippen molar-refractivity contribution < 1.29 is 9.90 Å². The van der Waals surface area contributed by atoms with Crippen molar-refractivity contribution in [2.75, 3.05) is 37.4 Å². The fraction of sp³-hybridized carbons (Fsp3) is 0.562. The predicted octanol–water partition coefficient (Wildman–Crippen LogP) is 2.69. The summed E-state index contributed by atoms with van der Waals surface area (Å²) in [6.07, 6.45) is 0. The molecule has 1 aromatic rings. The Labute approximate surface area is 127 Å². The largest absolute Gasteiger partial charge is 0.389 e. The Bertz CT molecular complexity index is 493. The third-order valence-electron chi connectivity index (χ3n) is 3.18. The van der Waals surface area contributed by atoms with E-state index in [1.807, 2.05) is 51.0 Å². The maximum absolute atomic E-state index is 12.2. The van der Waals surface area contributed by atoms with Crippen molar-refractivity contribution in [3.63, 3.8) is 0 Å². The molecule has 1 aromatic carbocycles. The van der Waals surface area contributed by atoms with Gasteiger partial charge in [-0.2, -0.15) is 0 Å². The van der Waals surface area contributed by atoms with Gasteiger partial charge in [-0.3, -0.25) is 0 Å². The first-order chi connectivity index (χ1) is 9.64. The minimum Gasteiger partial charge on any atom is -0.389 e. The third kappa shape index (κ3) is 5.27. The Morgan fingerprint density at radius 3 is 2.38 bits per heavy atom. The zero-order chi connectivity index (χ0) is 16.2. The minimum atomic E-state index is -0.905. The number of aliphatic hydroxyl groups is 1. The predicted molar refractivity (Wildman–Crippen MR) is 88.1 cm³/mol. The number of anilines is 2. The van der Waals surface area contributed by atoms with Gasteiger partial charge in [-0.25, -0.2) is 4.79 Å². The van der Waals surface area contributed by atoms with Crippen LogP contribution in [0.1, 0.15) is 26.3 Å². The number of carbonyl (C=O) groups excluding carboxylic acids is 1. The normalized spacial score (nSPS) is 11.2. The van der Waals surface area contributed by atoms with E-state index in [2.05, 4.69) is 5.32 Å². The second-order valence-electron chi connectivity index (χ2n) is 6.15. The lowest BCUT2D eigenvalue weighted by atomic mass is 10.1. The van der Waals surface area contributed by atoms with Gasteiger partial charge >= 0.3 is 6.03 Å². The highest BCUT2D eigenvalue weighted by molar-refractivity contribution is 5.89. The molecule has 0 fully saturated rings. The Balaban J connectivity index is 2.80. The van der Waals surface area contributed by atoms with Crippen LogP contribution in [0.4, 0.5) is 16.2 Å². The van der Waals surface area contributed by atoms with Crippen LogP contribution in [0.2, 0.25) is 0 Å². The molecule has 0 aliphatic rings. The average Bonchev–Trinajstić information content (AvgIpc) is 2.34. The summed E-state index contributed by atoms with van der Waals surface area (Å²) in [5.41, 5.74) is 2.08. The van der Waals surface area contributed by atoms with E-state index in [-0.39, 0.29) is 6.03 Å². The monoisotopic (exact) mass is 293 g/mol. The van der Waals surface area contributed by atoms with Gasteiger partial charge in [-0.1, -0.05) is 0 Å². The number of amides is 2. The highest BCUT2D eigenvalue weighted by Crippen LogP contribution is 2.22. The molecule has 1 rings (SSSR count). The summed E-state index contributed by atoms with van der Waals surface area (Å²) < 4.78 is 0. The summed E-state index contributed by atoms with van der Waals surface area (Å²) in [6.45, 7) is 8.14. The van der Waals surface area contributed by atoms with E-state index in [4.69, 9.17) is 0 Å². The van der Waals surface area contributed by atoms with Crippen LogP contribution < -0.4 is 10.2 Å². The third-order valence-corrected chi connectivity index (χ3v) is 3.18. The molecule has 0 spiro atoms. The fourth-order valence-electron chi connectivity index (χ4n) is 2.23. The minimum absolute atomic E-state index is 0.198. The van der Waals surface area contributed by atoms with Gasteiger partial charge in [-0.05, 0) is 51.5 Å². The number of hydrogen-bond acceptors (Lipinski definition) is 3.